The van der Waals surface area contributed by atoms with Crippen molar-refractivity contribution in [2.45, 2.75) is 38.0 Å². The molecule has 1 nitrogen and oxygen atoms in total. The van der Waals surface area contributed by atoms with Crippen molar-refractivity contribution in [3.63, 3.8) is 0 Å². The SMILES string of the molecule is Cc1c(Br)cccc1C1(CN)CCCC1. The van der Waals surface area contributed by atoms with Gasteiger partial charge in [-0.25, -0.2) is 0 Å². The Kier molecular flexibility index (Phi) is 3.17. The van der Waals surface area contributed by atoms with Gasteiger partial charge in [0.1, 0.15) is 0 Å². The maximum atomic E-state index is 6.00. The summed E-state index contributed by atoms with van der Waals surface area (Å²) >= 11 is 3.61. The van der Waals surface area contributed by atoms with Crippen LogP contribution in [0.4, 0.5) is 0 Å². The molecule has 82 valence electrons. The molecular weight excluding hydrogens is 250 g/mol. The predicted octanol–water partition coefficient (Wildman–Crippen LogP) is 3.53. The van der Waals surface area contributed by atoms with Gasteiger partial charge >= 0.3 is 0 Å². The maximum Gasteiger partial charge on any atom is 0.0207 e. The Labute approximate surface area is 100 Å². The molecule has 1 fully saturated rings. The van der Waals surface area contributed by atoms with E-state index in [0.717, 1.165) is 6.54 Å². The van der Waals surface area contributed by atoms with Crippen LogP contribution in [0.5, 0.6) is 0 Å². The highest BCUT2D eigenvalue weighted by Gasteiger charge is 2.35. The molecule has 1 aliphatic carbocycles. The zero-order chi connectivity index (χ0) is 10.9. The Balaban J connectivity index is 2.47. The van der Waals surface area contributed by atoms with Gasteiger partial charge < -0.3 is 5.73 Å². The Hall–Kier alpha value is -0.340. The Morgan fingerprint density at radius 2 is 2.00 bits per heavy atom. The average molecular weight is 268 g/mol. The molecule has 0 aliphatic heterocycles. The summed E-state index contributed by atoms with van der Waals surface area (Å²) in [4.78, 5) is 0. The van der Waals surface area contributed by atoms with Crippen LogP contribution in [0.15, 0.2) is 22.7 Å². The first-order chi connectivity index (χ1) is 7.19. The minimum Gasteiger partial charge on any atom is -0.330 e. The zero-order valence-electron chi connectivity index (χ0n) is 9.22. The molecule has 0 saturated heterocycles. The van der Waals surface area contributed by atoms with Crippen LogP contribution in [0.2, 0.25) is 0 Å². The summed E-state index contributed by atoms with van der Waals surface area (Å²) in [6.45, 7) is 2.97. The predicted molar refractivity (Wildman–Crippen MR) is 68.1 cm³/mol. The second kappa shape index (κ2) is 4.26. The first-order valence-electron chi connectivity index (χ1n) is 5.65. The lowest BCUT2D eigenvalue weighted by Crippen LogP contribution is -2.32. The molecular formula is C13H18BrN. The number of hydrogen-bond donors (Lipinski definition) is 1. The summed E-state index contributed by atoms with van der Waals surface area (Å²) in [5.41, 5.74) is 9.08. The number of nitrogens with two attached hydrogens (primary N) is 1. The smallest absolute Gasteiger partial charge is 0.0207 e. The third-order valence-corrected chi connectivity index (χ3v) is 4.65. The number of hydrogen-bond acceptors (Lipinski definition) is 1. The molecule has 0 bridgehead atoms. The van der Waals surface area contributed by atoms with Gasteiger partial charge in [-0.2, -0.15) is 0 Å². The van der Waals surface area contributed by atoms with Crippen molar-refractivity contribution in [2.75, 3.05) is 6.54 Å². The van der Waals surface area contributed by atoms with Crippen LogP contribution in [0.3, 0.4) is 0 Å². The lowest BCUT2D eigenvalue weighted by atomic mass is 9.77. The Morgan fingerprint density at radius 3 is 2.60 bits per heavy atom. The summed E-state index contributed by atoms with van der Waals surface area (Å²) in [5, 5.41) is 0. The van der Waals surface area contributed by atoms with E-state index in [4.69, 9.17) is 5.73 Å². The standard InChI is InChI=1S/C13H18BrN/c1-10-11(5-4-6-12(10)14)13(9-15)7-2-3-8-13/h4-6H,2-3,7-9,15H2,1H3. The monoisotopic (exact) mass is 267 g/mol. The summed E-state index contributed by atoms with van der Waals surface area (Å²) in [6, 6.07) is 6.48. The Bertz CT molecular complexity index is 354. The fraction of sp³-hybridized carbons (Fsp3) is 0.538. The second-order valence-electron chi connectivity index (χ2n) is 4.60. The van der Waals surface area contributed by atoms with E-state index >= 15 is 0 Å². The fourth-order valence-electron chi connectivity index (χ4n) is 2.82. The highest BCUT2D eigenvalue weighted by Crippen LogP contribution is 2.42. The summed E-state index contributed by atoms with van der Waals surface area (Å²) in [5.74, 6) is 0. The third-order valence-electron chi connectivity index (χ3n) is 3.79. The molecule has 2 N–H and O–H groups in total. The van der Waals surface area contributed by atoms with Crippen LogP contribution >= 0.6 is 15.9 Å². The minimum absolute atomic E-state index is 0.258. The average Bonchev–Trinajstić information content (AvgIpc) is 2.72. The summed E-state index contributed by atoms with van der Waals surface area (Å²) in [7, 11) is 0. The van der Waals surface area contributed by atoms with Crippen LogP contribution in [0.25, 0.3) is 0 Å². The largest absolute Gasteiger partial charge is 0.330 e. The van der Waals surface area contributed by atoms with E-state index in [2.05, 4.69) is 41.1 Å². The molecule has 2 rings (SSSR count). The van der Waals surface area contributed by atoms with E-state index in [9.17, 15) is 0 Å². The number of halogens is 1. The Morgan fingerprint density at radius 1 is 1.33 bits per heavy atom. The van der Waals surface area contributed by atoms with Gasteiger partial charge in [0, 0.05) is 16.4 Å². The van der Waals surface area contributed by atoms with Gasteiger partial charge in [-0.1, -0.05) is 40.9 Å². The molecule has 1 saturated carbocycles. The first kappa shape index (κ1) is 11.2. The van der Waals surface area contributed by atoms with Gasteiger partial charge in [0.05, 0.1) is 0 Å². The molecule has 0 amide bonds. The lowest BCUT2D eigenvalue weighted by molar-refractivity contribution is 0.450. The molecule has 1 aliphatic rings. The topological polar surface area (TPSA) is 26.0 Å². The van der Waals surface area contributed by atoms with Gasteiger partial charge in [-0.05, 0) is 37.0 Å². The first-order valence-corrected chi connectivity index (χ1v) is 6.44. The number of rotatable bonds is 2. The lowest BCUT2D eigenvalue weighted by Gasteiger charge is -2.30. The van der Waals surface area contributed by atoms with Crippen molar-refractivity contribution < 1.29 is 0 Å². The van der Waals surface area contributed by atoms with E-state index in [0.29, 0.717) is 0 Å². The van der Waals surface area contributed by atoms with Gasteiger partial charge in [0.25, 0.3) is 0 Å². The van der Waals surface area contributed by atoms with E-state index in [-0.39, 0.29) is 5.41 Å². The van der Waals surface area contributed by atoms with Crippen molar-refractivity contribution in [1.29, 1.82) is 0 Å². The van der Waals surface area contributed by atoms with Crippen molar-refractivity contribution in [2.24, 2.45) is 5.73 Å². The highest BCUT2D eigenvalue weighted by molar-refractivity contribution is 9.10. The molecule has 2 heteroatoms. The summed E-state index contributed by atoms with van der Waals surface area (Å²) in [6.07, 6.45) is 5.15. The fourth-order valence-corrected chi connectivity index (χ4v) is 3.18. The summed E-state index contributed by atoms with van der Waals surface area (Å²) < 4.78 is 1.21. The van der Waals surface area contributed by atoms with E-state index in [1.165, 1.54) is 41.3 Å². The van der Waals surface area contributed by atoms with Crippen molar-refractivity contribution in [3.05, 3.63) is 33.8 Å². The molecule has 15 heavy (non-hydrogen) atoms. The molecule has 0 atom stereocenters. The number of benzene rings is 1. The normalized spacial score (nSPS) is 19.4. The molecule has 0 heterocycles. The minimum atomic E-state index is 0.258. The van der Waals surface area contributed by atoms with Crippen LogP contribution in [-0.2, 0) is 5.41 Å². The van der Waals surface area contributed by atoms with Crippen LogP contribution < -0.4 is 5.73 Å². The van der Waals surface area contributed by atoms with Gasteiger partial charge in [-0.15, -0.1) is 0 Å². The van der Waals surface area contributed by atoms with E-state index in [1.54, 1.807) is 0 Å². The van der Waals surface area contributed by atoms with Gasteiger partial charge in [0.15, 0.2) is 0 Å². The van der Waals surface area contributed by atoms with Crippen molar-refractivity contribution in [3.8, 4) is 0 Å². The molecule has 0 aromatic heterocycles. The molecule has 1 aromatic carbocycles. The van der Waals surface area contributed by atoms with Crippen molar-refractivity contribution in [1.82, 2.24) is 0 Å². The quantitative estimate of drug-likeness (QED) is 0.872. The third kappa shape index (κ3) is 1.85. The maximum absolute atomic E-state index is 6.00. The highest BCUT2D eigenvalue weighted by atomic mass is 79.9. The van der Waals surface area contributed by atoms with Gasteiger partial charge in [0.2, 0.25) is 0 Å². The van der Waals surface area contributed by atoms with Gasteiger partial charge in [-0.3, -0.25) is 0 Å². The molecule has 0 radical (unpaired) electrons. The van der Waals surface area contributed by atoms with Crippen LogP contribution in [0, 0.1) is 6.92 Å². The van der Waals surface area contributed by atoms with Crippen LogP contribution in [0.1, 0.15) is 36.8 Å². The van der Waals surface area contributed by atoms with E-state index in [1.807, 2.05) is 0 Å². The van der Waals surface area contributed by atoms with Crippen molar-refractivity contribution >= 4 is 15.9 Å². The van der Waals surface area contributed by atoms with Crippen LogP contribution in [-0.4, -0.2) is 6.54 Å². The molecule has 1 aromatic rings. The zero-order valence-corrected chi connectivity index (χ0v) is 10.8. The second-order valence-corrected chi connectivity index (χ2v) is 5.46. The van der Waals surface area contributed by atoms with E-state index < -0.39 is 0 Å². The molecule has 0 unspecified atom stereocenters. The molecule has 0 spiro atoms.